The molecule has 0 saturated heterocycles. The van der Waals surface area contributed by atoms with Gasteiger partial charge in [-0.1, -0.05) is 51.1 Å². The zero-order valence-corrected chi connectivity index (χ0v) is 12.7. The highest BCUT2D eigenvalue weighted by molar-refractivity contribution is 6.48. The number of rotatable bonds is 4. The first-order valence-corrected chi connectivity index (χ1v) is 8.96. The van der Waals surface area contributed by atoms with E-state index in [1.807, 2.05) is 30.3 Å². The van der Waals surface area contributed by atoms with Crippen molar-refractivity contribution in [2.24, 2.45) is 5.41 Å². The molecule has 0 saturated carbocycles. The molecular weight excluding hydrogens is 228 g/mol. The molecule has 0 aromatic heterocycles. The van der Waals surface area contributed by atoms with E-state index in [4.69, 9.17) is 4.43 Å². The Balaban J connectivity index is 3.27. The second-order valence-corrected chi connectivity index (χ2v) is 8.10. The molecule has 0 aliphatic heterocycles. The highest BCUT2D eigenvalue weighted by Gasteiger charge is 2.44. The van der Waals surface area contributed by atoms with Gasteiger partial charge in [0.05, 0.1) is 6.61 Å². The number of aliphatic hydroxyl groups is 1. The molecule has 0 bridgehead atoms. The van der Waals surface area contributed by atoms with Gasteiger partial charge in [-0.15, -0.1) is 0 Å². The van der Waals surface area contributed by atoms with Gasteiger partial charge in [0, 0.05) is 0 Å². The maximum atomic E-state index is 9.91. The summed E-state index contributed by atoms with van der Waals surface area (Å²) >= 11 is 0. The van der Waals surface area contributed by atoms with Crippen molar-refractivity contribution in [1.82, 2.24) is 0 Å². The van der Waals surface area contributed by atoms with Crippen LogP contribution in [0.25, 0.3) is 0 Å². The Kier molecular flexibility index (Phi) is 4.53. The molecule has 0 aliphatic rings. The summed E-state index contributed by atoms with van der Waals surface area (Å²) in [6, 6.07) is 10.1. The van der Waals surface area contributed by atoms with Gasteiger partial charge in [-0.25, -0.2) is 0 Å². The van der Waals surface area contributed by atoms with Gasteiger partial charge in [0.2, 0.25) is 0 Å². The lowest BCUT2D eigenvalue weighted by atomic mass is 9.73. The third kappa shape index (κ3) is 2.97. The van der Waals surface area contributed by atoms with E-state index in [2.05, 4.69) is 33.9 Å². The third-order valence-electron chi connectivity index (χ3n) is 3.11. The van der Waals surface area contributed by atoms with E-state index in [0.29, 0.717) is 0 Å². The minimum atomic E-state index is -1.24. The maximum Gasteiger partial charge on any atom is 0.172 e. The van der Waals surface area contributed by atoms with E-state index in [9.17, 15) is 5.11 Å². The molecular formula is C14H24O2Si. The van der Waals surface area contributed by atoms with Crippen LogP contribution in [0.3, 0.4) is 0 Å². The first-order chi connectivity index (χ1) is 7.83. The van der Waals surface area contributed by atoms with Gasteiger partial charge in [-0.05, 0) is 24.1 Å². The summed E-state index contributed by atoms with van der Waals surface area (Å²) in [6.45, 7) is 10.6. The zero-order valence-electron chi connectivity index (χ0n) is 11.5. The fourth-order valence-corrected chi connectivity index (χ4v) is 3.52. The summed E-state index contributed by atoms with van der Waals surface area (Å²) in [5, 5.41) is 9.91. The average Bonchev–Trinajstić information content (AvgIpc) is 2.25. The molecule has 0 radical (unpaired) electrons. The van der Waals surface area contributed by atoms with Crippen molar-refractivity contribution in [1.29, 1.82) is 0 Å². The summed E-state index contributed by atoms with van der Waals surface area (Å²) in [6.07, 6.45) is 0. The monoisotopic (exact) mass is 252 g/mol. The van der Waals surface area contributed by atoms with Crippen molar-refractivity contribution >= 4 is 9.04 Å². The largest absolute Gasteiger partial charge is 0.408 e. The second-order valence-electron chi connectivity index (χ2n) is 5.77. The number of benzene rings is 1. The van der Waals surface area contributed by atoms with Gasteiger partial charge in [0.15, 0.2) is 9.04 Å². The van der Waals surface area contributed by atoms with E-state index in [-0.39, 0.29) is 12.0 Å². The van der Waals surface area contributed by atoms with Crippen molar-refractivity contribution in [3.63, 3.8) is 0 Å². The standard InChI is InChI=1S/C14H24O2Si/c1-13(2,3)14(11-15,16-17(4)5)12-9-7-6-8-10-12/h6-10,15,17H,11H2,1-5H3/t14-/m1/s1. The van der Waals surface area contributed by atoms with Crippen molar-refractivity contribution in [2.45, 2.75) is 39.5 Å². The summed E-state index contributed by atoms with van der Waals surface area (Å²) in [5.41, 5.74) is 0.339. The van der Waals surface area contributed by atoms with Crippen LogP contribution in [0.4, 0.5) is 0 Å². The van der Waals surface area contributed by atoms with E-state index in [1.54, 1.807) is 0 Å². The molecule has 0 aliphatic carbocycles. The molecule has 1 atom stereocenters. The molecule has 2 nitrogen and oxygen atoms in total. The third-order valence-corrected chi connectivity index (χ3v) is 3.98. The fourth-order valence-electron chi connectivity index (χ4n) is 2.15. The lowest BCUT2D eigenvalue weighted by molar-refractivity contribution is -0.0815. The minimum absolute atomic E-state index is 0.0195. The van der Waals surface area contributed by atoms with Crippen LogP contribution in [0.1, 0.15) is 26.3 Å². The normalized spacial score (nSPS) is 15.9. The molecule has 0 unspecified atom stereocenters. The first kappa shape index (κ1) is 14.4. The second kappa shape index (κ2) is 5.34. The average molecular weight is 252 g/mol. The molecule has 0 fully saturated rings. The maximum absolute atomic E-state index is 9.91. The Morgan fingerprint density at radius 3 is 2.00 bits per heavy atom. The van der Waals surface area contributed by atoms with Gasteiger partial charge in [-0.3, -0.25) is 0 Å². The highest BCUT2D eigenvalue weighted by Crippen LogP contribution is 2.42. The highest BCUT2D eigenvalue weighted by atomic mass is 28.3. The molecule has 0 spiro atoms. The topological polar surface area (TPSA) is 29.5 Å². The number of aliphatic hydroxyl groups excluding tert-OH is 1. The summed E-state index contributed by atoms with van der Waals surface area (Å²) in [7, 11) is -1.24. The fraction of sp³-hybridized carbons (Fsp3) is 0.571. The lowest BCUT2D eigenvalue weighted by Crippen LogP contribution is -2.48. The van der Waals surface area contributed by atoms with Gasteiger partial charge < -0.3 is 9.53 Å². The molecule has 1 rings (SSSR count). The van der Waals surface area contributed by atoms with Crippen LogP contribution in [-0.4, -0.2) is 20.8 Å². The SMILES string of the molecule is C[SiH](C)O[C@](CO)(c1ccccc1)C(C)(C)C. The van der Waals surface area contributed by atoms with Crippen molar-refractivity contribution in [3.8, 4) is 0 Å². The van der Waals surface area contributed by atoms with E-state index >= 15 is 0 Å². The minimum Gasteiger partial charge on any atom is -0.408 e. The Morgan fingerprint density at radius 2 is 1.65 bits per heavy atom. The smallest absolute Gasteiger partial charge is 0.172 e. The Morgan fingerprint density at radius 1 is 1.12 bits per heavy atom. The van der Waals surface area contributed by atoms with Crippen LogP contribution in [0.15, 0.2) is 30.3 Å². The van der Waals surface area contributed by atoms with E-state index < -0.39 is 14.6 Å². The molecule has 17 heavy (non-hydrogen) atoms. The molecule has 96 valence electrons. The molecule has 0 heterocycles. The quantitative estimate of drug-likeness (QED) is 0.835. The van der Waals surface area contributed by atoms with Crippen molar-refractivity contribution < 1.29 is 9.53 Å². The number of hydrogen-bond acceptors (Lipinski definition) is 2. The van der Waals surface area contributed by atoms with Gasteiger partial charge in [0.1, 0.15) is 5.60 Å². The summed E-state index contributed by atoms with van der Waals surface area (Å²) < 4.78 is 6.23. The van der Waals surface area contributed by atoms with Crippen molar-refractivity contribution in [3.05, 3.63) is 35.9 Å². The predicted molar refractivity (Wildman–Crippen MR) is 74.6 cm³/mol. The van der Waals surface area contributed by atoms with E-state index in [1.165, 1.54) is 0 Å². The van der Waals surface area contributed by atoms with Gasteiger partial charge >= 0.3 is 0 Å². The molecule has 1 aromatic rings. The lowest BCUT2D eigenvalue weighted by Gasteiger charge is -2.45. The number of hydrogen-bond donors (Lipinski definition) is 1. The summed E-state index contributed by atoms with van der Waals surface area (Å²) in [4.78, 5) is 0. The van der Waals surface area contributed by atoms with E-state index in [0.717, 1.165) is 5.56 Å². The van der Waals surface area contributed by atoms with Gasteiger partial charge in [-0.2, -0.15) is 0 Å². The van der Waals surface area contributed by atoms with Crippen LogP contribution in [0.5, 0.6) is 0 Å². The van der Waals surface area contributed by atoms with Crippen LogP contribution >= 0.6 is 0 Å². The summed E-state index contributed by atoms with van der Waals surface area (Å²) in [5.74, 6) is 0. The van der Waals surface area contributed by atoms with Crippen LogP contribution < -0.4 is 0 Å². The molecule has 3 heteroatoms. The van der Waals surface area contributed by atoms with Crippen molar-refractivity contribution in [2.75, 3.05) is 6.61 Å². The Hall–Kier alpha value is -0.643. The van der Waals surface area contributed by atoms with Gasteiger partial charge in [0.25, 0.3) is 0 Å². The first-order valence-electron chi connectivity index (χ1n) is 6.17. The Bertz CT molecular complexity index is 343. The molecule has 1 aromatic carbocycles. The predicted octanol–water partition coefficient (Wildman–Crippen LogP) is 2.92. The molecule has 0 amide bonds. The Labute approximate surface area is 106 Å². The van der Waals surface area contributed by atoms with Crippen LogP contribution in [-0.2, 0) is 10.0 Å². The molecule has 1 N–H and O–H groups in total. The van der Waals surface area contributed by atoms with Crippen LogP contribution in [0.2, 0.25) is 13.1 Å². The van der Waals surface area contributed by atoms with Crippen LogP contribution in [0, 0.1) is 5.41 Å². The zero-order chi connectivity index (χ0) is 13.1.